The summed E-state index contributed by atoms with van der Waals surface area (Å²) in [6, 6.07) is 6.31. The maximum atomic E-state index is 12.9. The van der Waals surface area contributed by atoms with Crippen molar-refractivity contribution in [2.45, 2.75) is 43.5 Å². The first-order valence-corrected chi connectivity index (χ1v) is 10.3. The van der Waals surface area contributed by atoms with Gasteiger partial charge in [0.15, 0.2) is 0 Å². The Kier molecular flexibility index (Phi) is 5.34. The summed E-state index contributed by atoms with van der Waals surface area (Å²) in [7, 11) is -2.24. The highest BCUT2D eigenvalue weighted by Gasteiger charge is 2.36. The van der Waals surface area contributed by atoms with Gasteiger partial charge in [-0.2, -0.15) is 4.31 Å². The van der Waals surface area contributed by atoms with E-state index in [1.54, 1.807) is 16.4 Å². The second kappa shape index (κ2) is 7.36. The quantitative estimate of drug-likeness (QED) is 0.744. The number of piperidine rings is 1. The number of sulfonamides is 1. The molecule has 0 N–H and O–H groups in total. The predicted octanol–water partition coefficient (Wildman–Crippen LogP) is 1.78. The highest BCUT2D eigenvalue weighted by molar-refractivity contribution is 7.89. The van der Waals surface area contributed by atoms with Crippen LogP contribution in [0.25, 0.3) is 0 Å². The average molecular weight is 380 g/mol. The van der Waals surface area contributed by atoms with Crippen molar-refractivity contribution in [1.29, 1.82) is 0 Å². The topological polar surface area (TPSA) is 84.0 Å². The summed E-state index contributed by atoms with van der Waals surface area (Å²) < 4.78 is 32.0. The number of nitrogens with zero attached hydrogens (tertiary/aromatic N) is 2. The highest BCUT2D eigenvalue weighted by Crippen LogP contribution is 2.29. The standard InChI is InChI=1S/C18H24N2O5S/c1-13-5-3-4-10-20(13)26(23,24)16-8-6-15(7-9-16)19-12-14(11-17(19)21)18(22)25-2/h6-9,13-14H,3-5,10-12H2,1-2H3/t13-,14-/m0/s1. The second-order valence-corrected chi connectivity index (χ2v) is 8.77. The van der Waals surface area contributed by atoms with Gasteiger partial charge in [0.05, 0.1) is 17.9 Å². The molecule has 142 valence electrons. The molecule has 7 nitrogen and oxygen atoms in total. The molecule has 8 heteroatoms. The van der Waals surface area contributed by atoms with Crippen LogP contribution in [0.15, 0.2) is 29.2 Å². The van der Waals surface area contributed by atoms with Crippen molar-refractivity contribution in [1.82, 2.24) is 4.31 Å². The summed E-state index contributed by atoms with van der Waals surface area (Å²) in [5.74, 6) is -1.05. The molecule has 2 atom stereocenters. The average Bonchev–Trinajstić information content (AvgIpc) is 3.03. The monoisotopic (exact) mass is 380 g/mol. The van der Waals surface area contributed by atoms with Gasteiger partial charge in [0.2, 0.25) is 15.9 Å². The fourth-order valence-electron chi connectivity index (χ4n) is 3.64. The van der Waals surface area contributed by atoms with Gasteiger partial charge >= 0.3 is 5.97 Å². The molecule has 0 unspecified atom stereocenters. The van der Waals surface area contributed by atoms with Crippen molar-refractivity contribution < 1.29 is 22.7 Å². The largest absolute Gasteiger partial charge is 0.469 e. The summed E-state index contributed by atoms with van der Waals surface area (Å²) in [5, 5.41) is 0. The summed E-state index contributed by atoms with van der Waals surface area (Å²) in [4.78, 5) is 25.5. The van der Waals surface area contributed by atoms with E-state index in [4.69, 9.17) is 4.74 Å². The zero-order valence-electron chi connectivity index (χ0n) is 15.1. The maximum absolute atomic E-state index is 12.9. The lowest BCUT2D eigenvalue weighted by Crippen LogP contribution is -2.41. The Morgan fingerprint density at radius 3 is 2.50 bits per heavy atom. The van der Waals surface area contributed by atoms with Crippen LogP contribution in [0.2, 0.25) is 0 Å². The molecule has 1 amide bonds. The summed E-state index contributed by atoms with van der Waals surface area (Å²) in [5.41, 5.74) is 0.590. The lowest BCUT2D eigenvalue weighted by molar-refractivity contribution is -0.145. The number of hydrogen-bond donors (Lipinski definition) is 0. The lowest BCUT2D eigenvalue weighted by Gasteiger charge is -2.32. The normalized spacial score (nSPS) is 24.7. The fraction of sp³-hybridized carbons (Fsp3) is 0.556. The first-order valence-electron chi connectivity index (χ1n) is 8.84. The molecular weight excluding hydrogens is 356 g/mol. The van der Waals surface area contributed by atoms with E-state index >= 15 is 0 Å². The molecule has 26 heavy (non-hydrogen) atoms. The van der Waals surface area contributed by atoms with Crippen molar-refractivity contribution >= 4 is 27.6 Å². The van der Waals surface area contributed by atoms with Crippen LogP contribution < -0.4 is 4.90 Å². The van der Waals surface area contributed by atoms with Gasteiger partial charge in [-0.3, -0.25) is 9.59 Å². The highest BCUT2D eigenvalue weighted by atomic mass is 32.2. The molecule has 2 saturated heterocycles. The van der Waals surface area contributed by atoms with Crippen molar-refractivity contribution in [3.8, 4) is 0 Å². The fourth-order valence-corrected chi connectivity index (χ4v) is 5.34. The lowest BCUT2D eigenvalue weighted by atomic mass is 10.1. The Morgan fingerprint density at radius 2 is 1.88 bits per heavy atom. The SMILES string of the molecule is COC(=O)[C@H]1CC(=O)N(c2ccc(S(=O)(=O)N3CCCC[C@@H]3C)cc2)C1. The van der Waals surface area contributed by atoms with Crippen LogP contribution in [0, 0.1) is 5.92 Å². The third kappa shape index (κ3) is 3.48. The summed E-state index contributed by atoms with van der Waals surface area (Å²) >= 11 is 0. The molecule has 2 aliphatic rings. The Balaban J connectivity index is 1.78. The molecule has 1 aromatic carbocycles. The number of anilines is 1. The van der Waals surface area contributed by atoms with Gasteiger partial charge in [-0.1, -0.05) is 6.42 Å². The molecule has 0 radical (unpaired) electrons. The molecule has 3 rings (SSSR count). The summed E-state index contributed by atoms with van der Waals surface area (Å²) in [6.45, 7) is 2.72. The number of hydrogen-bond acceptors (Lipinski definition) is 5. The summed E-state index contributed by atoms with van der Waals surface area (Å²) in [6.07, 6.45) is 2.90. The Labute approximate surface area is 154 Å². The van der Waals surface area contributed by atoms with E-state index in [1.807, 2.05) is 6.92 Å². The Hall–Kier alpha value is -1.93. The van der Waals surface area contributed by atoms with Gasteiger partial charge < -0.3 is 9.64 Å². The number of ether oxygens (including phenoxy) is 1. The zero-order chi connectivity index (χ0) is 18.9. The van der Waals surface area contributed by atoms with Crippen LogP contribution in [-0.4, -0.2) is 50.8 Å². The van der Waals surface area contributed by atoms with E-state index < -0.39 is 21.9 Å². The zero-order valence-corrected chi connectivity index (χ0v) is 15.9. The number of methoxy groups -OCH3 is 1. The number of esters is 1. The molecule has 0 spiro atoms. The maximum Gasteiger partial charge on any atom is 0.311 e. The van der Waals surface area contributed by atoms with Crippen molar-refractivity contribution in [2.75, 3.05) is 25.1 Å². The van der Waals surface area contributed by atoms with Gasteiger partial charge in [0.1, 0.15) is 0 Å². The Morgan fingerprint density at radius 1 is 1.19 bits per heavy atom. The van der Waals surface area contributed by atoms with E-state index in [-0.39, 0.29) is 29.8 Å². The minimum atomic E-state index is -3.54. The smallest absolute Gasteiger partial charge is 0.311 e. The van der Waals surface area contributed by atoms with Crippen molar-refractivity contribution in [3.63, 3.8) is 0 Å². The van der Waals surface area contributed by atoms with Crippen LogP contribution >= 0.6 is 0 Å². The van der Waals surface area contributed by atoms with Gasteiger partial charge in [-0.25, -0.2) is 8.42 Å². The van der Waals surface area contributed by atoms with E-state index in [1.165, 1.54) is 24.1 Å². The molecule has 1 aromatic rings. The van der Waals surface area contributed by atoms with E-state index in [0.717, 1.165) is 19.3 Å². The molecule has 0 saturated carbocycles. The number of carbonyl (C=O) groups excluding carboxylic acids is 2. The molecule has 0 bridgehead atoms. The van der Waals surface area contributed by atoms with Crippen molar-refractivity contribution in [3.05, 3.63) is 24.3 Å². The number of carbonyl (C=O) groups is 2. The number of amides is 1. The van der Waals surface area contributed by atoms with Crippen LogP contribution in [0.5, 0.6) is 0 Å². The molecule has 0 aliphatic carbocycles. The van der Waals surface area contributed by atoms with Crippen LogP contribution in [-0.2, 0) is 24.3 Å². The number of rotatable bonds is 4. The third-order valence-electron chi connectivity index (χ3n) is 5.16. The van der Waals surface area contributed by atoms with Gasteiger partial charge in [-0.05, 0) is 44.0 Å². The van der Waals surface area contributed by atoms with Crippen LogP contribution in [0.1, 0.15) is 32.6 Å². The van der Waals surface area contributed by atoms with E-state index in [9.17, 15) is 18.0 Å². The molecule has 2 aliphatic heterocycles. The first-order chi connectivity index (χ1) is 12.3. The second-order valence-electron chi connectivity index (χ2n) is 6.88. The van der Waals surface area contributed by atoms with Gasteiger partial charge in [0.25, 0.3) is 0 Å². The molecular formula is C18H24N2O5S. The van der Waals surface area contributed by atoms with Crippen LogP contribution in [0.4, 0.5) is 5.69 Å². The first kappa shape index (κ1) is 18.8. The predicted molar refractivity (Wildman–Crippen MR) is 96.1 cm³/mol. The van der Waals surface area contributed by atoms with Crippen LogP contribution in [0.3, 0.4) is 0 Å². The molecule has 2 heterocycles. The number of benzene rings is 1. The van der Waals surface area contributed by atoms with Gasteiger partial charge in [-0.15, -0.1) is 0 Å². The van der Waals surface area contributed by atoms with E-state index in [0.29, 0.717) is 12.2 Å². The minimum Gasteiger partial charge on any atom is -0.469 e. The minimum absolute atomic E-state index is 0.00518. The molecule has 0 aromatic heterocycles. The molecule has 2 fully saturated rings. The third-order valence-corrected chi connectivity index (χ3v) is 7.18. The van der Waals surface area contributed by atoms with Crippen molar-refractivity contribution in [2.24, 2.45) is 5.92 Å². The Bertz CT molecular complexity index is 790. The van der Waals surface area contributed by atoms with E-state index in [2.05, 4.69) is 0 Å². The van der Waals surface area contributed by atoms with Gasteiger partial charge in [0, 0.05) is 31.2 Å².